The highest BCUT2D eigenvalue weighted by molar-refractivity contribution is 6.26. The molecule has 0 bridgehead atoms. The van der Waals surface area contributed by atoms with Crippen molar-refractivity contribution in [3.05, 3.63) is 96.6 Å². The number of hydroxylamine groups is 1. The summed E-state index contributed by atoms with van der Waals surface area (Å²) in [7, 11) is 1.59. The first-order valence-corrected chi connectivity index (χ1v) is 12.8. The van der Waals surface area contributed by atoms with Gasteiger partial charge in [0, 0.05) is 5.39 Å². The molecular formula is C31H28N2O5. The molecule has 0 unspecified atom stereocenters. The lowest BCUT2D eigenvalue weighted by atomic mass is 9.90. The molecule has 0 saturated carbocycles. The molecule has 7 nitrogen and oxygen atoms in total. The van der Waals surface area contributed by atoms with Crippen molar-refractivity contribution >= 4 is 34.0 Å². The summed E-state index contributed by atoms with van der Waals surface area (Å²) in [6, 6.07) is 28.0. The van der Waals surface area contributed by atoms with Crippen molar-refractivity contribution in [3.8, 4) is 11.5 Å². The van der Waals surface area contributed by atoms with Crippen LogP contribution in [0.1, 0.15) is 24.9 Å². The van der Waals surface area contributed by atoms with Crippen molar-refractivity contribution in [2.45, 2.75) is 25.5 Å². The summed E-state index contributed by atoms with van der Waals surface area (Å²) in [6.45, 7) is 2.61. The number of nitrogens with zero attached hydrogens (tertiary/aromatic N) is 2. The molecule has 7 heteroatoms. The second kappa shape index (κ2) is 9.84. The minimum absolute atomic E-state index is 0.287. The molecule has 6 rings (SSSR count). The van der Waals surface area contributed by atoms with E-state index in [1.54, 1.807) is 12.2 Å². The lowest BCUT2D eigenvalue weighted by molar-refractivity contribution is -0.126. The summed E-state index contributed by atoms with van der Waals surface area (Å²) in [5.41, 5.74) is 2.12. The van der Waals surface area contributed by atoms with E-state index in [9.17, 15) is 9.59 Å². The zero-order valence-corrected chi connectivity index (χ0v) is 21.2. The molecule has 4 aromatic rings. The molecular weight excluding hydrogens is 480 g/mol. The Hall–Kier alpha value is -4.36. The van der Waals surface area contributed by atoms with Crippen LogP contribution in [0.4, 0.5) is 11.4 Å². The number of anilines is 2. The first-order valence-electron chi connectivity index (χ1n) is 12.8. The van der Waals surface area contributed by atoms with Crippen molar-refractivity contribution in [1.29, 1.82) is 0 Å². The molecule has 0 radical (unpaired) electrons. The Labute approximate surface area is 221 Å². The van der Waals surface area contributed by atoms with E-state index < -0.39 is 18.1 Å². The van der Waals surface area contributed by atoms with Gasteiger partial charge in [0.25, 0.3) is 5.91 Å². The fourth-order valence-corrected chi connectivity index (χ4v) is 5.39. The van der Waals surface area contributed by atoms with Crippen molar-refractivity contribution < 1.29 is 23.9 Å². The average Bonchev–Trinajstić information content (AvgIpc) is 3.47. The molecule has 0 spiro atoms. The third-order valence-electron chi connectivity index (χ3n) is 7.12. The Balaban J connectivity index is 1.44. The molecule has 2 aliphatic rings. The van der Waals surface area contributed by atoms with Crippen molar-refractivity contribution in [2.75, 3.05) is 23.7 Å². The number of ether oxygens (including phenoxy) is 2. The van der Waals surface area contributed by atoms with Gasteiger partial charge in [-0.1, -0.05) is 67.6 Å². The van der Waals surface area contributed by atoms with E-state index in [1.165, 1.54) is 4.90 Å². The summed E-state index contributed by atoms with van der Waals surface area (Å²) in [5.74, 6) is -0.199. The third-order valence-corrected chi connectivity index (χ3v) is 7.12. The van der Waals surface area contributed by atoms with Crippen LogP contribution in [0.25, 0.3) is 10.8 Å². The maximum absolute atomic E-state index is 14.1. The number of carbonyl (C=O) groups is 2. The number of carbonyl (C=O) groups excluding carboxylic acids is 2. The number of imide groups is 1. The largest absolute Gasteiger partial charge is 0.493 e. The van der Waals surface area contributed by atoms with Gasteiger partial charge in [-0.15, -0.1) is 0 Å². The highest BCUT2D eigenvalue weighted by Crippen LogP contribution is 2.49. The van der Waals surface area contributed by atoms with Gasteiger partial charge in [0.15, 0.2) is 17.6 Å². The van der Waals surface area contributed by atoms with E-state index in [0.29, 0.717) is 23.8 Å². The van der Waals surface area contributed by atoms with Crippen LogP contribution >= 0.6 is 0 Å². The minimum atomic E-state index is -0.950. The van der Waals surface area contributed by atoms with Gasteiger partial charge in [-0.3, -0.25) is 14.4 Å². The van der Waals surface area contributed by atoms with Crippen LogP contribution < -0.4 is 19.4 Å². The van der Waals surface area contributed by atoms with Crippen molar-refractivity contribution in [3.63, 3.8) is 0 Å². The van der Waals surface area contributed by atoms with Crippen LogP contribution in [0.3, 0.4) is 0 Å². The SMILES string of the molecule is CCCOc1ccc([C@@H]2[C@H]3C(=O)N(c4cccc5ccccc45)C(=O)[C@H]3ON2c2ccccc2)cc1OC. The molecule has 192 valence electrons. The normalized spacial score (nSPS) is 20.7. The predicted molar refractivity (Wildman–Crippen MR) is 145 cm³/mol. The molecule has 38 heavy (non-hydrogen) atoms. The molecule has 3 atom stereocenters. The van der Waals surface area contributed by atoms with E-state index in [4.69, 9.17) is 14.3 Å². The Morgan fingerprint density at radius 1 is 0.842 bits per heavy atom. The van der Waals surface area contributed by atoms with Gasteiger partial charge < -0.3 is 9.47 Å². The minimum Gasteiger partial charge on any atom is -0.493 e. The van der Waals surface area contributed by atoms with E-state index in [-0.39, 0.29) is 11.8 Å². The van der Waals surface area contributed by atoms with Crippen LogP contribution in [-0.2, 0) is 14.4 Å². The standard InChI is InChI=1S/C31H28N2O5/c1-3-18-37-25-17-16-21(19-26(25)36-2)28-27-29(38-33(28)22-12-5-4-6-13-22)31(35)32(30(27)34)24-15-9-11-20-10-7-8-14-23(20)24/h4-17,19,27-29H,3,18H2,1-2H3/t27-,28-,29+/m1/s1. The smallest absolute Gasteiger partial charge is 0.266 e. The van der Waals surface area contributed by atoms with Crippen LogP contribution in [-0.4, -0.2) is 31.6 Å². The van der Waals surface area contributed by atoms with E-state index in [0.717, 1.165) is 28.4 Å². The molecule has 2 saturated heterocycles. The number of para-hydroxylation sites is 1. The van der Waals surface area contributed by atoms with Gasteiger partial charge in [0.05, 0.1) is 31.1 Å². The summed E-state index contributed by atoms with van der Waals surface area (Å²) < 4.78 is 11.5. The number of hydrogen-bond donors (Lipinski definition) is 0. The number of amides is 2. The molecule has 2 fully saturated rings. The topological polar surface area (TPSA) is 68.3 Å². The molecule has 2 heterocycles. The highest BCUT2D eigenvalue weighted by atomic mass is 16.7. The Kier molecular flexibility index (Phi) is 6.21. The number of methoxy groups -OCH3 is 1. The second-order valence-corrected chi connectivity index (χ2v) is 9.43. The fourth-order valence-electron chi connectivity index (χ4n) is 5.39. The van der Waals surface area contributed by atoms with Crippen molar-refractivity contribution in [2.24, 2.45) is 5.92 Å². The van der Waals surface area contributed by atoms with Gasteiger partial charge in [-0.05, 0) is 47.7 Å². The zero-order valence-electron chi connectivity index (χ0n) is 21.2. The highest BCUT2D eigenvalue weighted by Gasteiger charge is 2.60. The molecule has 2 amide bonds. The molecule has 4 aromatic carbocycles. The molecule has 2 aliphatic heterocycles. The lowest BCUT2D eigenvalue weighted by Gasteiger charge is -2.29. The van der Waals surface area contributed by atoms with E-state index in [1.807, 2.05) is 97.9 Å². The summed E-state index contributed by atoms with van der Waals surface area (Å²) in [4.78, 5) is 35.5. The maximum atomic E-state index is 14.1. The van der Waals surface area contributed by atoms with Gasteiger partial charge >= 0.3 is 0 Å². The van der Waals surface area contributed by atoms with Crippen LogP contribution in [0.15, 0.2) is 91.0 Å². The predicted octanol–water partition coefficient (Wildman–Crippen LogP) is 5.69. The Morgan fingerprint density at radius 2 is 1.61 bits per heavy atom. The summed E-state index contributed by atoms with van der Waals surface area (Å²) in [5, 5.41) is 3.48. The summed E-state index contributed by atoms with van der Waals surface area (Å²) >= 11 is 0. The Bertz CT molecular complexity index is 1500. The third kappa shape index (κ3) is 3.87. The fraction of sp³-hybridized carbons (Fsp3) is 0.226. The molecule has 0 aromatic heterocycles. The van der Waals surface area contributed by atoms with Crippen LogP contribution in [0, 0.1) is 5.92 Å². The number of benzene rings is 4. The zero-order chi connectivity index (χ0) is 26.2. The van der Waals surface area contributed by atoms with E-state index >= 15 is 0 Å². The van der Waals surface area contributed by atoms with Gasteiger partial charge in [-0.25, -0.2) is 9.96 Å². The van der Waals surface area contributed by atoms with Crippen molar-refractivity contribution in [1.82, 2.24) is 0 Å². The van der Waals surface area contributed by atoms with Gasteiger partial charge in [-0.2, -0.15) is 0 Å². The average molecular weight is 509 g/mol. The second-order valence-electron chi connectivity index (χ2n) is 9.43. The molecule has 0 N–H and O–H groups in total. The molecule has 0 aliphatic carbocycles. The van der Waals surface area contributed by atoms with Gasteiger partial charge in [0.1, 0.15) is 5.92 Å². The lowest BCUT2D eigenvalue weighted by Crippen LogP contribution is -2.37. The van der Waals surface area contributed by atoms with Crippen LogP contribution in [0.5, 0.6) is 11.5 Å². The number of fused-ring (bicyclic) bond motifs is 2. The number of rotatable bonds is 7. The van der Waals surface area contributed by atoms with Gasteiger partial charge in [0.2, 0.25) is 5.91 Å². The van der Waals surface area contributed by atoms with E-state index in [2.05, 4.69) is 0 Å². The van der Waals surface area contributed by atoms with Crippen LogP contribution in [0.2, 0.25) is 0 Å². The monoisotopic (exact) mass is 508 g/mol. The first kappa shape index (κ1) is 24.0. The Morgan fingerprint density at radius 3 is 2.39 bits per heavy atom. The quantitative estimate of drug-likeness (QED) is 0.299. The first-order chi connectivity index (χ1) is 18.6. The number of hydrogen-bond acceptors (Lipinski definition) is 6. The maximum Gasteiger partial charge on any atom is 0.266 e. The summed E-state index contributed by atoms with van der Waals surface area (Å²) in [6.07, 6.45) is -0.0817.